The minimum Gasteiger partial charge on any atom is -0.454 e. The molecule has 1 aliphatic carbocycles. The van der Waals surface area contributed by atoms with Crippen molar-refractivity contribution >= 4 is 5.91 Å². The molecule has 0 saturated heterocycles. The predicted molar refractivity (Wildman–Crippen MR) is 93.8 cm³/mol. The Bertz CT molecular complexity index is 778. The second-order valence-electron chi connectivity index (χ2n) is 6.61. The van der Waals surface area contributed by atoms with Crippen LogP contribution >= 0.6 is 0 Å². The molecule has 132 valence electrons. The van der Waals surface area contributed by atoms with E-state index >= 15 is 0 Å². The summed E-state index contributed by atoms with van der Waals surface area (Å²) in [4.78, 5) is 12.7. The van der Waals surface area contributed by atoms with Crippen molar-refractivity contribution in [1.29, 1.82) is 0 Å². The third-order valence-electron chi connectivity index (χ3n) is 4.92. The Morgan fingerprint density at radius 1 is 1.20 bits per heavy atom. The van der Waals surface area contributed by atoms with Crippen LogP contribution in [0.25, 0.3) is 11.3 Å². The van der Waals surface area contributed by atoms with Gasteiger partial charge in [-0.05, 0) is 44.0 Å². The largest absolute Gasteiger partial charge is 0.454 e. The van der Waals surface area contributed by atoms with Crippen LogP contribution in [0.4, 0.5) is 0 Å². The molecule has 1 aliphatic heterocycles. The molecule has 2 aliphatic rings. The number of nitrogens with zero attached hydrogens (tertiary/aromatic N) is 2. The third kappa shape index (κ3) is 3.21. The van der Waals surface area contributed by atoms with Crippen LogP contribution in [0.15, 0.2) is 24.3 Å². The Balaban J connectivity index is 1.57. The topological polar surface area (TPSA) is 65.4 Å². The fraction of sp³-hybridized carbons (Fsp3) is 0.474. The van der Waals surface area contributed by atoms with Crippen molar-refractivity contribution in [2.24, 2.45) is 0 Å². The molecule has 0 bridgehead atoms. The maximum atomic E-state index is 12.7. The second-order valence-corrected chi connectivity index (χ2v) is 6.61. The number of benzene rings is 1. The van der Waals surface area contributed by atoms with Gasteiger partial charge in [0.15, 0.2) is 11.5 Å². The first-order valence-corrected chi connectivity index (χ1v) is 9.03. The smallest absolute Gasteiger partial charge is 0.269 e. The lowest BCUT2D eigenvalue weighted by atomic mass is 9.95. The normalized spacial score (nSPS) is 16.8. The summed E-state index contributed by atoms with van der Waals surface area (Å²) < 4.78 is 12.5. The third-order valence-corrected chi connectivity index (χ3v) is 4.92. The molecule has 25 heavy (non-hydrogen) atoms. The van der Waals surface area contributed by atoms with Crippen LogP contribution in [0.2, 0.25) is 0 Å². The second kappa shape index (κ2) is 6.78. The minimum atomic E-state index is -0.0340. The van der Waals surface area contributed by atoms with E-state index in [4.69, 9.17) is 9.47 Å². The van der Waals surface area contributed by atoms with Gasteiger partial charge < -0.3 is 14.8 Å². The number of amides is 1. The summed E-state index contributed by atoms with van der Waals surface area (Å²) in [6.45, 7) is 2.89. The molecule has 4 rings (SSSR count). The van der Waals surface area contributed by atoms with E-state index in [0.717, 1.165) is 35.6 Å². The highest BCUT2D eigenvalue weighted by atomic mass is 16.7. The molecule has 2 heterocycles. The van der Waals surface area contributed by atoms with Gasteiger partial charge in [-0.1, -0.05) is 19.3 Å². The average Bonchev–Trinajstić information content (AvgIpc) is 3.28. The maximum absolute atomic E-state index is 12.7. The lowest BCUT2D eigenvalue weighted by molar-refractivity contribution is 0.0917. The van der Waals surface area contributed by atoms with Crippen LogP contribution in [-0.2, 0) is 6.54 Å². The van der Waals surface area contributed by atoms with E-state index in [0.29, 0.717) is 12.2 Å². The van der Waals surface area contributed by atoms with Gasteiger partial charge in [0.25, 0.3) is 5.91 Å². The van der Waals surface area contributed by atoms with Crippen LogP contribution in [0, 0.1) is 0 Å². The number of hydrogen-bond acceptors (Lipinski definition) is 4. The molecular formula is C19H23N3O3. The summed E-state index contributed by atoms with van der Waals surface area (Å²) >= 11 is 0. The highest BCUT2D eigenvalue weighted by Crippen LogP contribution is 2.35. The Hall–Kier alpha value is -2.50. The maximum Gasteiger partial charge on any atom is 0.269 e. The minimum absolute atomic E-state index is 0.0340. The number of fused-ring (bicyclic) bond motifs is 1. The quantitative estimate of drug-likeness (QED) is 0.926. The van der Waals surface area contributed by atoms with Crippen molar-refractivity contribution in [3.05, 3.63) is 30.0 Å². The summed E-state index contributed by atoms with van der Waals surface area (Å²) in [7, 11) is 0. The number of hydrogen-bond donors (Lipinski definition) is 1. The highest BCUT2D eigenvalue weighted by molar-refractivity contribution is 5.94. The lowest BCUT2D eigenvalue weighted by Crippen LogP contribution is -2.37. The van der Waals surface area contributed by atoms with Gasteiger partial charge in [-0.3, -0.25) is 9.48 Å². The van der Waals surface area contributed by atoms with Crippen LogP contribution in [0.1, 0.15) is 49.5 Å². The van der Waals surface area contributed by atoms with Crippen molar-refractivity contribution in [2.75, 3.05) is 6.79 Å². The van der Waals surface area contributed by atoms with Gasteiger partial charge in [0.1, 0.15) is 5.69 Å². The summed E-state index contributed by atoms with van der Waals surface area (Å²) in [6.07, 6.45) is 5.80. The molecule has 1 fully saturated rings. The van der Waals surface area contributed by atoms with E-state index in [-0.39, 0.29) is 18.7 Å². The first-order chi connectivity index (χ1) is 12.2. The van der Waals surface area contributed by atoms with Crippen molar-refractivity contribution < 1.29 is 14.3 Å². The van der Waals surface area contributed by atoms with Gasteiger partial charge in [0.05, 0.1) is 5.69 Å². The van der Waals surface area contributed by atoms with Gasteiger partial charge in [0, 0.05) is 18.2 Å². The molecule has 0 spiro atoms. The molecule has 1 aromatic heterocycles. The fourth-order valence-electron chi connectivity index (χ4n) is 3.54. The number of aryl methyl sites for hydroxylation is 1. The van der Waals surface area contributed by atoms with Gasteiger partial charge in [0.2, 0.25) is 6.79 Å². The molecule has 0 atom stereocenters. The number of ether oxygens (including phenoxy) is 2. The van der Waals surface area contributed by atoms with E-state index in [9.17, 15) is 4.79 Å². The molecule has 1 N–H and O–H groups in total. The lowest BCUT2D eigenvalue weighted by Gasteiger charge is -2.22. The summed E-state index contributed by atoms with van der Waals surface area (Å²) in [5, 5.41) is 7.77. The first kappa shape index (κ1) is 16.0. The van der Waals surface area contributed by atoms with E-state index < -0.39 is 0 Å². The highest BCUT2D eigenvalue weighted by Gasteiger charge is 2.21. The van der Waals surface area contributed by atoms with E-state index in [2.05, 4.69) is 10.4 Å². The molecule has 0 radical (unpaired) electrons. The van der Waals surface area contributed by atoms with Crippen LogP contribution in [0.5, 0.6) is 11.5 Å². The summed E-state index contributed by atoms with van der Waals surface area (Å²) in [6, 6.07) is 7.88. The summed E-state index contributed by atoms with van der Waals surface area (Å²) in [5.41, 5.74) is 2.30. The zero-order chi connectivity index (χ0) is 17.2. The van der Waals surface area contributed by atoms with Crippen molar-refractivity contribution in [3.8, 4) is 22.8 Å². The van der Waals surface area contributed by atoms with E-state index in [1.54, 1.807) is 4.68 Å². The monoisotopic (exact) mass is 341 g/mol. The number of rotatable bonds is 4. The van der Waals surface area contributed by atoms with Crippen LogP contribution in [-0.4, -0.2) is 28.5 Å². The van der Waals surface area contributed by atoms with Crippen LogP contribution < -0.4 is 14.8 Å². The number of carbonyl (C=O) groups is 1. The first-order valence-electron chi connectivity index (χ1n) is 9.03. The molecule has 6 nitrogen and oxygen atoms in total. The molecule has 0 unspecified atom stereocenters. The van der Waals surface area contributed by atoms with E-state index in [1.807, 2.05) is 31.2 Å². The van der Waals surface area contributed by atoms with Crippen molar-refractivity contribution in [1.82, 2.24) is 15.1 Å². The number of carbonyl (C=O) groups excluding carboxylic acids is 1. The Labute approximate surface area is 147 Å². The number of aromatic nitrogens is 2. The van der Waals surface area contributed by atoms with Gasteiger partial charge >= 0.3 is 0 Å². The van der Waals surface area contributed by atoms with Crippen molar-refractivity contribution in [3.63, 3.8) is 0 Å². The summed E-state index contributed by atoms with van der Waals surface area (Å²) in [5.74, 6) is 1.43. The number of nitrogens with one attached hydrogen (secondary N) is 1. The molecular weight excluding hydrogens is 318 g/mol. The fourth-order valence-corrected chi connectivity index (χ4v) is 3.54. The van der Waals surface area contributed by atoms with Gasteiger partial charge in [-0.2, -0.15) is 5.10 Å². The molecule has 1 amide bonds. The average molecular weight is 341 g/mol. The van der Waals surface area contributed by atoms with Crippen molar-refractivity contribution in [2.45, 2.75) is 51.6 Å². The van der Waals surface area contributed by atoms with E-state index in [1.165, 1.54) is 19.3 Å². The predicted octanol–water partition coefficient (Wildman–Crippen LogP) is 3.36. The Morgan fingerprint density at radius 3 is 2.80 bits per heavy atom. The Kier molecular flexibility index (Phi) is 4.34. The Morgan fingerprint density at radius 2 is 2.00 bits per heavy atom. The zero-order valence-electron chi connectivity index (χ0n) is 14.5. The van der Waals surface area contributed by atoms with Crippen LogP contribution in [0.3, 0.4) is 0 Å². The zero-order valence-corrected chi connectivity index (χ0v) is 14.5. The van der Waals surface area contributed by atoms with Gasteiger partial charge in [-0.25, -0.2) is 0 Å². The standard InChI is InChI=1S/C19H23N3O3/c1-2-22-16(19(23)20-14-6-4-3-5-7-14)11-15(21-22)13-8-9-17-18(10-13)25-12-24-17/h8-11,14H,2-7,12H2,1H3,(H,20,23). The molecule has 1 saturated carbocycles. The SMILES string of the molecule is CCn1nc(-c2ccc3c(c2)OCO3)cc1C(=O)NC1CCCCC1. The molecule has 2 aromatic rings. The molecule has 1 aromatic carbocycles. The van der Waals surface area contributed by atoms with Gasteiger partial charge in [-0.15, -0.1) is 0 Å². The molecule has 6 heteroatoms.